The first kappa shape index (κ1) is 31.8. The molecule has 13 nitrogen and oxygen atoms in total. The predicted molar refractivity (Wildman–Crippen MR) is 143 cm³/mol. The minimum absolute atomic E-state index is 0.132. The van der Waals surface area contributed by atoms with E-state index < -0.39 is 105 Å². The molecule has 3 aliphatic rings. The van der Waals surface area contributed by atoms with E-state index in [4.69, 9.17) is 5.73 Å². The molecule has 2 amide bonds. The molecule has 0 radical (unpaired) electrons. The van der Waals surface area contributed by atoms with E-state index in [1.54, 1.807) is 13.8 Å². The van der Waals surface area contributed by atoms with Crippen LogP contribution in [0.5, 0.6) is 11.5 Å². The lowest BCUT2D eigenvalue weighted by atomic mass is 9.57. The Balaban J connectivity index is 1.93. The lowest BCUT2D eigenvalue weighted by molar-refractivity contribution is -0.275. The molecule has 0 aliphatic heterocycles. The molecule has 0 spiro atoms. The number of nitrogens with two attached hydrogens (primary N) is 1. The number of aromatic hydroxyl groups is 1. The van der Waals surface area contributed by atoms with E-state index in [2.05, 4.69) is 15.4 Å². The second-order valence-corrected chi connectivity index (χ2v) is 11.2. The number of anilines is 1. The van der Waals surface area contributed by atoms with Crippen LogP contribution in [0.25, 0.3) is 5.76 Å². The Labute approximate surface area is 242 Å². The molecule has 4 atom stereocenters. The zero-order valence-electron chi connectivity index (χ0n) is 23.5. The number of phenolic OH excluding ortho intramolecular Hbond substituents is 1. The first-order chi connectivity index (χ1) is 19.8. The number of carbonyl (C=O) groups is 4. The highest BCUT2D eigenvalue weighted by molar-refractivity contribution is 6.24. The van der Waals surface area contributed by atoms with E-state index in [9.17, 15) is 52.8 Å². The molecule has 43 heavy (non-hydrogen) atoms. The highest BCUT2D eigenvalue weighted by Crippen LogP contribution is 2.55. The van der Waals surface area contributed by atoms with Crippen molar-refractivity contribution in [3.8, 4) is 11.5 Å². The summed E-state index contributed by atoms with van der Waals surface area (Å²) in [6.07, 6.45) is -6.02. The maximum absolute atomic E-state index is 13.9. The van der Waals surface area contributed by atoms with Crippen LogP contribution in [0, 0.1) is 11.8 Å². The van der Waals surface area contributed by atoms with Crippen LogP contribution in [0.15, 0.2) is 23.0 Å². The number of nitrogens with zero attached hydrogens (tertiary/aromatic N) is 1. The zero-order valence-corrected chi connectivity index (χ0v) is 23.5. The van der Waals surface area contributed by atoms with Crippen LogP contribution >= 0.6 is 0 Å². The van der Waals surface area contributed by atoms with Gasteiger partial charge < -0.3 is 41.5 Å². The molecule has 0 heterocycles. The minimum atomic E-state index is -5.24. The van der Waals surface area contributed by atoms with Gasteiger partial charge in [0.1, 0.15) is 22.8 Å². The fourth-order valence-corrected chi connectivity index (χ4v) is 6.08. The van der Waals surface area contributed by atoms with Gasteiger partial charge in [0.05, 0.1) is 23.8 Å². The van der Waals surface area contributed by atoms with Gasteiger partial charge in [0, 0.05) is 29.2 Å². The number of Topliss-reactive ketones (excluding diaryl/α,β-unsaturated/α-hetero) is 2. The number of alkyl halides is 3. The Morgan fingerprint density at radius 1 is 1.21 bits per heavy atom. The number of likely N-dealkylation sites (N-methyl/N-ethyl adjacent to an activating group) is 1. The highest BCUT2D eigenvalue weighted by Gasteiger charge is 2.64. The summed E-state index contributed by atoms with van der Waals surface area (Å²) in [5, 5.41) is 49.9. The van der Waals surface area contributed by atoms with E-state index >= 15 is 0 Å². The van der Waals surface area contributed by atoms with Crippen molar-refractivity contribution < 1.29 is 57.5 Å². The molecule has 4 rings (SSSR count). The van der Waals surface area contributed by atoms with Crippen molar-refractivity contribution in [2.24, 2.45) is 17.6 Å². The van der Waals surface area contributed by atoms with Crippen molar-refractivity contribution >= 4 is 34.8 Å². The summed E-state index contributed by atoms with van der Waals surface area (Å²) in [6, 6.07) is -0.768. The number of hydrogen-bond acceptors (Lipinski definition) is 11. The van der Waals surface area contributed by atoms with Gasteiger partial charge in [-0.25, -0.2) is 0 Å². The summed E-state index contributed by atoms with van der Waals surface area (Å²) >= 11 is 0. The number of aliphatic hydroxyl groups excluding tert-OH is 2. The largest absolute Gasteiger partial charge is 0.573 e. The van der Waals surface area contributed by atoms with Gasteiger partial charge in [-0.1, -0.05) is 13.8 Å². The first-order valence-corrected chi connectivity index (χ1v) is 13.1. The third-order valence-corrected chi connectivity index (χ3v) is 7.85. The third kappa shape index (κ3) is 5.29. The molecule has 16 heteroatoms. The van der Waals surface area contributed by atoms with E-state index in [0.29, 0.717) is 0 Å². The molecule has 0 bridgehead atoms. The maximum atomic E-state index is 13.9. The smallest absolute Gasteiger partial charge is 0.508 e. The molecule has 0 aromatic heterocycles. The molecule has 0 unspecified atom stereocenters. The van der Waals surface area contributed by atoms with Gasteiger partial charge in [-0.15, -0.1) is 13.2 Å². The Morgan fingerprint density at radius 2 is 1.84 bits per heavy atom. The van der Waals surface area contributed by atoms with Crippen LogP contribution < -0.4 is 21.1 Å². The second-order valence-electron chi connectivity index (χ2n) is 11.2. The number of fused-ring (bicyclic) bond motifs is 3. The monoisotopic (exact) mass is 612 g/mol. The van der Waals surface area contributed by atoms with Crippen LogP contribution in [-0.4, -0.2) is 93.4 Å². The minimum Gasteiger partial charge on any atom is -0.508 e. The SMILES string of the molecule is CC(C)NCC(=O)Nc1cc(OC(F)(F)F)c2c(c1O)C(O)=C1C(=O)[C@]3(O)C(O)=C(C(N)=O)C(=O)[C@@H](N(C)C)[C@@H]3C[C@@H]1C2. The van der Waals surface area contributed by atoms with E-state index in [0.717, 1.165) is 6.07 Å². The topological polar surface area (TPSA) is 212 Å². The fraction of sp³-hybridized carbons (Fsp3) is 0.481. The van der Waals surface area contributed by atoms with Crippen molar-refractivity contribution in [3.63, 3.8) is 0 Å². The molecule has 1 fully saturated rings. The standard InChI is InChI=1S/C27H31F3N4O9/c1-9(2)32-8-15(35)33-13-7-14(43-27(28,29)30)11-5-10-6-12-19(34(3)4)22(38)18(25(31)41)24(40)26(12,42)23(39)16(10)21(37)17(11)20(13)36/h7,9-10,12,19,32,36-37,40,42H,5-6,8H2,1-4H3,(H2,31,41)(H,33,35)/t10-,12-,19-,26-/m0/s1. The Kier molecular flexibility index (Phi) is 8.01. The van der Waals surface area contributed by atoms with Crippen LogP contribution in [0.1, 0.15) is 31.4 Å². The predicted octanol–water partition coefficient (Wildman–Crippen LogP) is 0.799. The Morgan fingerprint density at radius 3 is 2.37 bits per heavy atom. The Bertz CT molecular complexity index is 1480. The Hall–Kier alpha value is -4.15. The van der Waals surface area contributed by atoms with Crippen LogP contribution in [-0.2, 0) is 25.6 Å². The number of benzene rings is 1. The third-order valence-electron chi connectivity index (χ3n) is 7.85. The lowest BCUT2D eigenvalue weighted by Crippen LogP contribution is -2.65. The number of carbonyl (C=O) groups excluding carboxylic acids is 4. The maximum Gasteiger partial charge on any atom is 0.573 e. The van der Waals surface area contributed by atoms with Gasteiger partial charge in [-0.3, -0.25) is 24.1 Å². The second kappa shape index (κ2) is 10.8. The number of primary amides is 1. The summed E-state index contributed by atoms with van der Waals surface area (Å²) in [4.78, 5) is 52.9. The number of nitrogens with one attached hydrogen (secondary N) is 2. The van der Waals surface area contributed by atoms with Crippen LogP contribution in [0.4, 0.5) is 18.9 Å². The van der Waals surface area contributed by atoms with Gasteiger partial charge in [0.25, 0.3) is 5.91 Å². The van der Waals surface area contributed by atoms with E-state index in [1.807, 2.05) is 0 Å². The molecule has 1 saturated carbocycles. The number of ketones is 2. The normalized spacial score (nSPS) is 25.5. The van der Waals surface area contributed by atoms with Crippen LogP contribution in [0.2, 0.25) is 0 Å². The molecule has 8 N–H and O–H groups in total. The van der Waals surface area contributed by atoms with Crippen molar-refractivity contribution in [3.05, 3.63) is 34.1 Å². The molecule has 1 aromatic carbocycles. The summed E-state index contributed by atoms with van der Waals surface area (Å²) < 4.78 is 44.5. The fourth-order valence-electron chi connectivity index (χ4n) is 6.08. The number of halogens is 3. The van der Waals surface area contributed by atoms with E-state index in [1.165, 1.54) is 19.0 Å². The van der Waals surface area contributed by atoms with Crippen LogP contribution in [0.3, 0.4) is 0 Å². The number of ether oxygens (including phenoxy) is 1. The number of amides is 2. The van der Waals surface area contributed by atoms with Crippen molar-refractivity contribution in [2.45, 2.75) is 50.7 Å². The molecule has 3 aliphatic carbocycles. The van der Waals surface area contributed by atoms with Gasteiger partial charge in [-0.2, -0.15) is 0 Å². The van der Waals surface area contributed by atoms with E-state index in [-0.39, 0.29) is 24.6 Å². The summed E-state index contributed by atoms with van der Waals surface area (Å²) in [7, 11) is 2.82. The van der Waals surface area contributed by atoms with Gasteiger partial charge in [-0.05, 0) is 32.9 Å². The number of phenols is 1. The molecule has 0 saturated heterocycles. The number of hydrogen-bond donors (Lipinski definition) is 7. The average molecular weight is 613 g/mol. The number of rotatable bonds is 7. The molecular formula is C27H31F3N4O9. The summed E-state index contributed by atoms with van der Waals surface area (Å²) in [5.41, 5.74) is -0.849. The summed E-state index contributed by atoms with van der Waals surface area (Å²) in [5.74, 6) is -11.2. The first-order valence-electron chi connectivity index (χ1n) is 13.1. The van der Waals surface area contributed by atoms with Crippen molar-refractivity contribution in [2.75, 3.05) is 26.0 Å². The van der Waals surface area contributed by atoms with Gasteiger partial charge in [0.2, 0.25) is 11.7 Å². The zero-order chi connectivity index (χ0) is 32.3. The molecule has 1 aromatic rings. The van der Waals surface area contributed by atoms with Crippen molar-refractivity contribution in [1.29, 1.82) is 0 Å². The van der Waals surface area contributed by atoms with Gasteiger partial charge >= 0.3 is 6.36 Å². The lowest BCUT2D eigenvalue weighted by Gasteiger charge is -2.50. The molecular weight excluding hydrogens is 581 g/mol. The molecule has 234 valence electrons. The average Bonchev–Trinajstić information content (AvgIpc) is 2.86. The summed E-state index contributed by atoms with van der Waals surface area (Å²) in [6.45, 7) is 3.19. The quantitative estimate of drug-likeness (QED) is 0.169. The van der Waals surface area contributed by atoms with Crippen molar-refractivity contribution in [1.82, 2.24) is 10.2 Å². The number of aliphatic hydroxyl groups is 3. The van der Waals surface area contributed by atoms with Gasteiger partial charge in [0.15, 0.2) is 17.1 Å². The highest BCUT2D eigenvalue weighted by atomic mass is 19.4.